The highest BCUT2D eigenvalue weighted by Gasteiger charge is 2.27. The van der Waals surface area contributed by atoms with Crippen LogP contribution < -0.4 is 10.6 Å². The summed E-state index contributed by atoms with van der Waals surface area (Å²) in [5, 5.41) is 18.7. The van der Waals surface area contributed by atoms with Gasteiger partial charge in [-0.15, -0.1) is 0 Å². The van der Waals surface area contributed by atoms with E-state index in [1.54, 1.807) is 37.4 Å². The van der Waals surface area contributed by atoms with Crippen LogP contribution in [-0.2, 0) is 14.6 Å². The molecule has 3 aromatic rings. The number of carboxylic acid groups (broad SMARTS) is 1. The number of aliphatic carboxylic acids is 1. The lowest BCUT2D eigenvalue weighted by atomic mass is 10.0. The third-order valence-electron chi connectivity index (χ3n) is 4.72. The number of nitrogen functional groups attached to an aromatic ring is 1. The van der Waals surface area contributed by atoms with Gasteiger partial charge in [0.05, 0.1) is 32.8 Å². The summed E-state index contributed by atoms with van der Waals surface area (Å²) in [6.07, 6.45) is 0. The Morgan fingerprint density at radius 1 is 1.03 bits per heavy atom. The summed E-state index contributed by atoms with van der Waals surface area (Å²) in [5.74, 6) is -1.11. The molecule has 8 heteroatoms. The van der Waals surface area contributed by atoms with Gasteiger partial charge in [0, 0.05) is 7.05 Å². The van der Waals surface area contributed by atoms with E-state index in [2.05, 4.69) is 0 Å². The van der Waals surface area contributed by atoms with Crippen LogP contribution in [0.15, 0.2) is 82.6 Å². The van der Waals surface area contributed by atoms with E-state index >= 15 is 0 Å². The monoisotopic (exact) mass is 421 g/mol. The quantitative estimate of drug-likeness (QED) is 0.585. The maximum atomic E-state index is 12.8. The van der Waals surface area contributed by atoms with Crippen molar-refractivity contribution in [3.63, 3.8) is 0 Å². The van der Waals surface area contributed by atoms with E-state index in [4.69, 9.17) is 11.0 Å². The van der Waals surface area contributed by atoms with Gasteiger partial charge in [-0.3, -0.25) is 0 Å². The number of carboxylic acids is 1. The third-order valence-corrected chi connectivity index (χ3v) is 6.49. The van der Waals surface area contributed by atoms with Gasteiger partial charge in [-0.2, -0.15) is 5.26 Å². The molecule has 0 saturated carbocycles. The fourth-order valence-electron chi connectivity index (χ4n) is 3.17. The maximum Gasteiger partial charge on any atom is 0.331 e. The first-order chi connectivity index (χ1) is 14.3. The molecule has 152 valence electrons. The van der Waals surface area contributed by atoms with Crippen LogP contribution >= 0.6 is 0 Å². The second kappa shape index (κ2) is 8.27. The number of likely N-dealkylation sites (N-methyl/N-ethyl adjacent to an activating group) is 1. The molecule has 3 aromatic carbocycles. The molecule has 0 aromatic heterocycles. The number of hydrogen-bond donors (Lipinski definition) is 2. The van der Waals surface area contributed by atoms with Gasteiger partial charge >= 0.3 is 5.97 Å². The van der Waals surface area contributed by atoms with Gasteiger partial charge in [0.25, 0.3) is 0 Å². The van der Waals surface area contributed by atoms with Crippen LogP contribution in [0.1, 0.15) is 17.2 Å². The lowest BCUT2D eigenvalue weighted by molar-refractivity contribution is -0.138. The van der Waals surface area contributed by atoms with Gasteiger partial charge in [0.2, 0.25) is 9.84 Å². The molecule has 0 saturated heterocycles. The summed E-state index contributed by atoms with van der Waals surface area (Å²) in [5.41, 5.74) is 7.50. The Labute approximate surface area is 174 Å². The number of nitriles is 1. The second-order valence-electron chi connectivity index (χ2n) is 6.62. The molecule has 30 heavy (non-hydrogen) atoms. The van der Waals surface area contributed by atoms with E-state index in [0.717, 1.165) is 0 Å². The van der Waals surface area contributed by atoms with Crippen LogP contribution in [-0.4, -0.2) is 26.5 Å². The van der Waals surface area contributed by atoms with Crippen LogP contribution in [0.4, 0.5) is 11.4 Å². The molecule has 0 spiro atoms. The SMILES string of the molecule is CN(c1ccc(S(=O)(=O)c2ccccc2)cc1N)C(C(=O)O)c1ccc(C#N)cc1. The second-order valence-corrected chi connectivity index (χ2v) is 8.57. The topological polar surface area (TPSA) is 124 Å². The number of rotatable bonds is 6. The van der Waals surface area contributed by atoms with Gasteiger partial charge in [-0.1, -0.05) is 30.3 Å². The smallest absolute Gasteiger partial charge is 0.331 e. The van der Waals surface area contributed by atoms with E-state index in [1.807, 2.05) is 6.07 Å². The molecule has 0 bridgehead atoms. The molecule has 0 aliphatic carbocycles. The zero-order chi connectivity index (χ0) is 21.9. The van der Waals surface area contributed by atoms with Gasteiger partial charge in [0.1, 0.15) is 0 Å². The van der Waals surface area contributed by atoms with Crippen LogP contribution in [0.5, 0.6) is 0 Å². The van der Waals surface area contributed by atoms with Crippen molar-refractivity contribution in [2.45, 2.75) is 15.8 Å². The van der Waals surface area contributed by atoms with E-state index in [1.165, 1.54) is 47.4 Å². The van der Waals surface area contributed by atoms with Crippen LogP contribution in [0.2, 0.25) is 0 Å². The van der Waals surface area contributed by atoms with Crippen molar-refractivity contribution in [1.29, 1.82) is 5.26 Å². The third kappa shape index (κ3) is 3.97. The minimum Gasteiger partial charge on any atom is -0.479 e. The standard InChI is InChI=1S/C22H19N3O4S/c1-25(21(22(26)27)16-9-7-15(14-23)8-10-16)20-12-11-18(13-19(20)24)30(28,29)17-5-3-2-4-6-17/h2-13,21H,24H2,1H3,(H,26,27). The Kier molecular flexibility index (Phi) is 5.76. The average molecular weight is 421 g/mol. The fraction of sp³-hybridized carbons (Fsp3) is 0.0909. The predicted molar refractivity (Wildman–Crippen MR) is 113 cm³/mol. The molecule has 1 atom stereocenters. The summed E-state index contributed by atoms with van der Waals surface area (Å²) in [6.45, 7) is 0. The molecule has 3 rings (SSSR count). The molecular formula is C22H19N3O4S. The molecule has 1 unspecified atom stereocenters. The summed E-state index contributed by atoms with van der Waals surface area (Å²) >= 11 is 0. The minimum atomic E-state index is -3.75. The van der Waals surface area contributed by atoms with Gasteiger partial charge in [-0.05, 0) is 48.0 Å². The van der Waals surface area contributed by atoms with Crippen molar-refractivity contribution in [1.82, 2.24) is 0 Å². The summed E-state index contributed by atoms with van der Waals surface area (Å²) in [4.78, 5) is 13.6. The summed E-state index contributed by atoms with van der Waals surface area (Å²) in [6, 6.07) is 19.3. The number of benzene rings is 3. The number of nitrogens with zero attached hydrogens (tertiary/aromatic N) is 2. The van der Waals surface area contributed by atoms with Crippen molar-refractivity contribution in [2.75, 3.05) is 17.7 Å². The average Bonchev–Trinajstić information content (AvgIpc) is 2.74. The highest BCUT2D eigenvalue weighted by Crippen LogP contribution is 2.33. The van der Waals surface area contributed by atoms with Crippen molar-refractivity contribution in [3.05, 3.63) is 83.9 Å². The molecule has 0 radical (unpaired) electrons. The molecule has 0 fully saturated rings. The highest BCUT2D eigenvalue weighted by atomic mass is 32.2. The predicted octanol–water partition coefficient (Wildman–Crippen LogP) is 3.24. The first kappa shape index (κ1) is 20.9. The number of anilines is 2. The Bertz CT molecular complexity index is 1220. The molecule has 3 N–H and O–H groups in total. The molecule has 0 amide bonds. The maximum absolute atomic E-state index is 12.8. The van der Waals surface area contributed by atoms with Crippen molar-refractivity contribution < 1.29 is 18.3 Å². The Morgan fingerprint density at radius 3 is 2.20 bits per heavy atom. The minimum absolute atomic E-state index is 0.0219. The van der Waals surface area contributed by atoms with Crippen molar-refractivity contribution >= 4 is 27.2 Å². The van der Waals surface area contributed by atoms with E-state index in [9.17, 15) is 18.3 Å². The highest BCUT2D eigenvalue weighted by molar-refractivity contribution is 7.91. The molecule has 7 nitrogen and oxygen atoms in total. The van der Waals surface area contributed by atoms with Crippen LogP contribution in [0.3, 0.4) is 0 Å². The van der Waals surface area contributed by atoms with Gasteiger partial charge in [-0.25, -0.2) is 13.2 Å². The summed E-state index contributed by atoms with van der Waals surface area (Å²) < 4.78 is 25.6. The largest absolute Gasteiger partial charge is 0.479 e. The molecule has 0 aliphatic heterocycles. The number of nitrogens with two attached hydrogens (primary N) is 1. The zero-order valence-corrected chi connectivity index (χ0v) is 16.9. The first-order valence-corrected chi connectivity index (χ1v) is 10.4. The number of carbonyl (C=O) groups is 1. The van der Waals surface area contributed by atoms with Gasteiger partial charge < -0.3 is 15.7 Å². The Hall–Kier alpha value is -3.83. The molecule has 0 heterocycles. The fourth-order valence-corrected chi connectivity index (χ4v) is 4.48. The lowest BCUT2D eigenvalue weighted by Crippen LogP contribution is -2.31. The normalized spacial score (nSPS) is 12.0. The van der Waals surface area contributed by atoms with E-state index in [-0.39, 0.29) is 15.5 Å². The number of hydrogen-bond acceptors (Lipinski definition) is 6. The number of sulfone groups is 1. The first-order valence-electron chi connectivity index (χ1n) is 8.91. The van der Waals surface area contributed by atoms with Crippen LogP contribution in [0.25, 0.3) is 0 Å². The molecular weight excluding hydrogens is 402 g/mol. The zero-order valence-electron chi connectivity index (χ0n) is 16.1. The van der Waals surface area contributed by atoms with Gasteiger partial charge in [0.15, 0.2) is 6.04 Å². The van der Waals surface area contributed by atoms with Crippen LogP contribution in [0, 0.1) is 11.3 Å². The molecule has 0 aliphatic rings. The van der Waals surface area contributed by atoms with E-state index in [0.29, 0.717) is 16.8 Å². The van der Waals surface area contributed by atoms with Crippen molar-refractivity contribution in [3.8, 4) is 6.07 Å². The Balaban J connectivity index is 1.98. The lowest BCUT2D eigenvalue weighted by Gasteiger charge is -2.28. The Morgan fingerprint density at radius 2 is 1.67 bits per heavy atom. The van der Waals surface area contributed by atoms with E-state index < -0.39 is 21.8 Å². The summed E-state index contributed by atoms with van der Waals surface area (Å²) in [7, 11) is -2.18. The van der Waals surface area contributed by atoms with Crippen molar-refractivity contribution in [2.24, 2.45) is 0 Å².